The van der Waals surface area contributed by atoms with Crippen molar-refractivity contribution in [3.05, 3.63) is 187 Å². The second-order valence-corrected chi connectivity index (χ2v) is 35.5. The molecule has 0 aliphatic carbocycles. The first-order valence-electron chi connectivity index (χ1n) is 42.1. The summed E-state index contributed by atoms with van der Waals surface area (Å²) in [5.41, 5.74) is 26.9. The maximum atomic E-state index is 15.0. The molecule has 586 valence electrons. The number of aromatic nitrogens is 4. The van der Waals surface area contributed by atoms with Gasteiger partial charge in [-0.15, -0.1) is 0 Å². The van der Waals surface area contributed by atoms with Gasteiger partial charge in [-0.25, -0.2) is 14.9 Å². The van der Waals surface area contributed by atoms with Crippen LogP contribution in [0.15, 0.2) is 103 Å². The lowest BCUT2D eigenvalue weighted by Gasteiger charge is -2.38. The second-order valence-electron chi connectivity index (χ2n) is 35.5. The highest BCUT2D eigenvalue weighted by atomic mass is 16.7. The van der Waals surface area contributed by atoms with Crippen LogP contribution in [0.25, 0.3) is 77.4 Å². The van der Waals surface area contributed by atoms with E-state index in [1.165, 1.54) is 80.0 Å². The van der Waals surface area contributed by atoms with Gasteiger partial charge in [-0.3, -0.25) is 24.1 Å². The molecule has 5 aromatic carbocycles. The number of anilines is 1. The van der Waals surface area contributed by atoms with Crippen LogP contribution in [0.2, 0.25) is 0 Å². The predicted molar refractivity (Wildman–Crippen MR) is 458 cm³/mol. The molecule has 112 heavy (non-hydrogen) atoms. The zero-order valence-electron chi connectivity index (χ0n) is 69.6. The van der Waals surface area contributed by atoms with Crippen molar-refractivity contribution >= 4 is 97.0 Å². The molecular weight excluding hydrogens is 1390 g/mol. The molecular formula is C97H117BN6O8. The minimum atomic E-state index is -0.797. The molecule has 0 spiro atoms. The van der Waals surface area contributed by atoms with Crippen LogP contribution in [0.3, 0.4) is 0 Å². The van der Waals surface area contributed by atoms with Gasteiger partial charge in [0.1, 0.15) is 0 Å². The van der Waals surface area contributed by atoms with Gasteiger partial charge in [0.25, 0.3) is 23.6 Å². The minimum absolute atomic E-state index is 0.0201. The van der Waals surface area contributed by atoms with Crippen LogP contribution in [0.5, 0.6) is 0 Å². The third-order valence-corrected chi connectivity index (χ3v) is 24.5. The molecule has 14 rings (SSSR count). The number of allylic oxidation sites excluding steroid dienone is 4. The van der Waals surface area contributed by atoms with Crippen molar-refractivity contribution in [3.8, 4) is 22.3 Å². The summed E-state index contributed by atoms with van der Waals surface area (Å²) in [6, 6.07) is 34.0. The van der Waals surface area contributed by atoms with Crippen LogP contribution in [-0.4, -0.2) is 88.1 Å². The quantitative estimate of drug-likeness (QED) is 0.0302. The van der Waals surface area contributed by atoms with Crippen molar-refractivity contribution in [3.63, 3.8) is 0 Å². The molecule has 2 saturated heterocycles. The summed E-state index contributed by atoms with van der Waals surface area (Å²) in [4.78, 5) is 82.6. The Balaban J connectivity index is 0.863. The van der Waals surface area contributed by atoms with Gasteiger partial charge >= 0.3 is 7.12 Å². The van der Waals surface area contributed by atoms with Gasteiger partial charge in [0, 0.05) is 66.2 Å². The highest BCUT2D eigenvalue weighted by molar-refractivity contribution is 6.61. The van der Waals surface area contributed by atoms with Gasteiger partial charge in [-0.2, -0.15) is 0 Å². The van der Waals surface area contributed by atoms with E-state index in [9.17, 15) is 19.2 Å². The normalized spacial score (nSPS) is 16.4. The number of carbonyl (C=O) groups is 4. The molecule has 3 aromatic heterocycles. The Labute approximate surface area is 664 Å². The minimum Gasteiger partial charge on any atom is -0.405 e. The average Bonchev–Trinajstić information content (AvgIpc) is 0.966. The number of nitrogens with zero attached hydrogens (tertiary/aromatic N) is 4. The number of aryl methyl sites for hydroxylation is 4. The maximum absolute atomic E-state index is 15.0. The number of imide groups is 2. The van der Waals surface area contributed by atoms with Crippen LogP contribution >= 0.6 is 0 Å². The van der Waals surface area contributed by atoms with Crippen molar-refractivity contribution in [2.45, 2.75) is 262 Å². The summed E-state index contributed by atoms with van der Waals surface area (Å²) in [7, 11) is -0.797. The molecule has 0 radical (unpaired) electrons. The zero-order valence-corrected chi connectivity index (χ0v) is 69.6. The number of hydrogen-bond acceptors (Lipinski definition) is 10. The number of fused-ring (bicyclic) bond motifs is 8. The van der Waals surface area contributed by atoms with Crippen LogP contribution in [0, 0.1) is 19.3 Å². The fourth-order valence-corrected chi connectivity index (χ4v) is 17.9. The van der Waals surface area contributed by atoms with E-state index in [4.69, 9.17) is 28.8 Å². The number of ether oxygens (including phenoxy) is 2. The largest absolute Gasteiger partial charge is 0.494 e. The monoisotopic (exact) mass is 1500 g/mol. The van der Waals surface area contributed by atoms with E-state index in [2.05, 4.69) is 187 Å². The summed E-state index contributed by atoms with van der Waals surface area (Å²) in [5.74, 6) is -2.06. The summed E-state index contributed by atoms with van der Waals surface area (Å²) in [5, 5.41) is 0.637. The molecule has 2 N–H and O–H groups in total. The first-order chi connectivity index (χ1) is 53.7. The van der Waals surface area contributed by atoms with E-state index in [1.54, 1.807) is 24.3 Å². The third-order valence-electron chi connectivity index (χ3n) is 24.5. The van der Waals surface area contributed by atoms with E-state index in [1.807, 2.05) is 12.1 Å². The number of unbranched alkanes of at least 4 members (excludes halogenated alkanes) is 12. The Morgan fingerprint density at radius 3 is 1.36 bits per heavy atom. The zero-order chi connectivity index (χ0) is 79.2. The molecule has 6 aliphatic rings. The first-order valence-corrected chi connectivity index (χ1v) is 42.1. The highest BCUT2D eigenvalue weighted by Gasteiger charge is 2.46. The van der Waals surface area contributed by atoms with E-state index in [-0.39, 0.29) is 46.3 Å². The molecule has 2 fully saturated rings. The van der Waals surface area contributed by atoms with E-state index in [0.717, 1.165) is 192 Å². The van der Waals surface area contributed by atoms with Gasteiger partial charge < -0.3 is 28.8 Å². The van der Waals surface area contributed by atoms with Gasteiger partial charge in [0.05, 0.1) is 72.0 Å². The van der Waals surface area contributed by atoms with Crippen LogP contribution < -0.4 is 10.4 Å². The molecule has 14 nitrogen and oxygen atoms in total. The standard InChI is InChI=1S/C97H117BN6O8/c1-17-21-25-29-33-68-58(5)86-82(62-37-39-64(40-38-62)94-109-56-97(15,16)57-110-94)87-59(6)69(34-30-26-22-18-2)78(100-87)53-80-71(36-32-28-24-20-4)61(8)89(102-80)83(88-60(7)70(35-31-27-23-19-3)79(101-88)52-77(68)99-86)63-41-44-66(45-42-63)98-111-54-67(55-112-98)103-90(105)72-46-48-74-85-75(49-47-73(84(72)85)91(103)106)93(108)104(92(74)107)81-51-65(95(9,10)11)43-50-76(81)96(12,13)14/h37-53,67,94,101-102H,17-36,54-57H2,1-16H3. The Bertz CT molecular complexity index is 5000. The Morgan fingerprint density at radius 1 is 0.491 bits per heavy atom. The third kappa shape index (κ3) is 15.5. The van der Waals surface area contributed by atoms with Gasteiger partial charge in [0.15, 0.2) is 6.29 Å². The molecule has 0 saturated carbocycles. The number of rotatable bonds is 26. The molecule has 8 bridgehead atoms. The summed E-state index contributed by atoms with van der Waals surface area (Å²) < 4.78 is 26.0. The summed E-state index contributed by atoms with van der Waals surface area (Å²) in [6.07, 6.45) is 21.3. The molecule has 6 aliphatic heterocycles. The number of H-pyrrole nitrogens is 2. The number of amides is 4. The average molecular weight is 1510 g/mol. The Hall–Kier alpha value is -8.86. The fourth-order valence-electron chi connectivity index (χ4n) is 17.9. The van der Waals surface area contributed by atoms with E-state index in [0.29, 0.717) is 29.7 Å². The van der Waals surface area contributed by atoms with Gasteiger partial charge in [0.2, 0.25) is 0 Å². The lowest BCUT2D eigenvalue weighted by atomic mass is 9.77. The van der Waals surface area contributed by atoms with Crippen molar-refractivity contribution in [1.29, 1.82) is 0 Å². The molecule has 4 amide bonds. The molecule has 8 aromatic rings. The Kier molecular flexibility index (Phi) is 23.5. The SMILES string of the molecule is CCCCCCC1=C(C)c2nc1cc1[nH]c(c(C)c1CCCCCC)c(-c1ccc(B3OCC(N4C(=O)c5ccc6c7c(ccc(c57)C4=O)C(=O)N(c4cc(C(C)(C)C)ccc4C(C)(C)C)C6=O)CO3)cc1)c1[nH]c(cc3nc(c2-c2ccc(C4OCC(C)(C)CO4)cc2)C(C)=C3CCCCCC)c(CCCCCC)c1C. The van der Waals surface area contributed by atoms with E-state index < -0.39 is 48.5 Å². The van der Waals surface area contributed by atoms with Gasteiger partial charge in [-0.05, 0) is 205 Å². The first kappa shape index (κ1) is 79.8. The smallest absolute Gasteiger partial charge is 0.405 e. The molecule has 0 atom stereocenters. The van der Waals surface area contributed by atoms with Crippen molar-refractivity contribution in [2.24, 2.45) is 5.41 Å². The number of aromatic amines is 2. The topological polar surface area (TPSA) is 169 Å². The second kappa shape index (κ2) is 32.9. The summed E-state index contributed by atoms with van der Waals surface area (Å²) >= 11 is 0. The summed E-state index contributed by atoms with van der Waals surface area (Å²) in [6.45, 7) is 36.6. The van der Waals surface area contributed by atoms with Crippen LogP contribution in [0.4, 0.5) is 5.69 Å². The molecule has 9 heterocycles. The Morgan fingerprint density at radius 2 is 0.920 bits per heavy atom. The lowest BCUT2D eigenvalue weighted by molar-refractivity contribution is -0.226. The number of nitrogens with one attached hydrogen (secondary N) is 2. The van der Waals surface area contributed by atoms with E-state index >= 15 is 0 Å². The highest BCUT2D eigenvalue weighted by Crippen LogP contribution is 2.48. The number of carbonyl (C=O) groups excluding carboxylic acids is 4. The fraction of sp³-hybridized carbons (Fsp3) is 0.464. The van der Waals surface area contributed by atoms with Crippen molar-refractivity contribution < 1.29 is 38.0 Å². The molecule has 0 unspecified atom stereocenters. The van der Waals surface area contributed by atoms with Crippen LogP contribution in [-0.2, 0) is 42.5 Å². The predicted octanol–water partition coefficient (Wildman–Crippen LogP) is 23.3. The van der Waals surface area contributed by atoms with Crippen molar-refractivity contribution in [2.75, 3.05) is 31.3 Å². The van der Waals surface area contributed by atoms with Gasteiger partial charge in [-0.1, -0.05) is 221 Å². The molecule has 15 heteroatoms. The lowest BCUT2D eigenvalue weighted by Crippen LogP contribution is -2.56. The maximum Gasteiger partial charge on any atom is 0.494 e. The van der Waals surface area contributed by atoms with Crippen molar-refractivity contribution in [1.82, 2.24) is 24.8 Å². The number of hydrogen-bond donors (Lipinski definition) is 2. The number of benzene rings is 5. The van der Waals surface area contributed by atoms with Crippen LogP contribution in [0.1, 0.15) is 322 Å².